The van der Waals surface area contributed by atoms with Gasteiger partial charge in [0.15, 0.2) is 5.69 Å². The molecule has 13 heteroatoms. The third kappa shape index (κ3) is 5.59. The van der Waals surface area contributed by atoms with Crippen LogP contribution in [-0.2, 0) is 19.6 Å². The van der Waals surface area contributed by atoms with E-state index in [1.807, 2.05) is 18.2 Å². The zero-order valence-electron chi connectivity index (χ0n) is 21.6. The number of para-hydroxylation sites is 1. The summed E-state index contributed by atoms with van der Waals surface area (Å²) in [5, 5.41) is 19.7. The molecule has 1 amide bonds. The first-order chi connectivity index (χ1) is 20.0. The Balaban J connectivity index is 1.14. The second kappa shape index (κ2) is 11.3. The molecule has 0 saturated heterocycles. The van der Waals surface area contributed by atoms with Crippen LogP contribution in [0.3, 0.4) is 0 Å². The first-order valence-electron chi connectivity index (χ1n) is 12.7. The number of ether oxygens (including phenoxy) is 1. The highest BCUT2D eigenvalue weighted by molar-refractivity contribution is 5.94. The van der Waals surface area contributed by atoms with Gasteiger partial charge in [-0.15, -0.1) is 5.10 Å². The molecule has 206 valence electrons. The maximum Gasteiger partial charge on any atom is 0.293 e. The summed E-state index contributed by atoms with van der Waals surface area (Å²) >= 11 is 0. The minimum atomic E-state index is -0.552. The topological polar surface area (TPSA) is 150 Å². The number of hydrogen-bond acceptors (Lipinski definition) is 10. The number of aromatic nitrogens is 5. The zero-order valence-corrected chi connectivity index (χ0v) is 21.6. The lowest BCUT2D eigenvalue weighted by Crippen LogP contribution is -2.26. The Bertz CT molecular complexity index is 1700. The average Bonchev–Trinajstić information content (AvgIpc) is 3.72. The molecule has 1 aliphatic heterocycles. The van der Waals surface area contributed by atoms with Gasteiger partial charge in [-0.25, -0.2) is 14.4 Å². The lowest BCUT2D eigenvalue weighted by atomic mass is 10.2. The quantitative estimate of drug-likeness (QED) is 0.207. The molecule has 3 aromatic carbocycles. The lowest BCUT2D eigenvalue weighted by Gasteiger charge is -2.19. The molecule has 0 spiro atoms. The number of fused-ring (bicyclic) bond motifs is 1. The fourth-order valence-corrected chi connectivity index (χ4v) is 4.50. The highest BCUT2D eigenvalue weighted by Crippen LogP contribution is 2.30. The molecule has 2 aromatic heterocycles. The van der Waals surface area contributed by atoms with Crippen molar-refractivity contribution in [1.82, 2.24) is 30.7 Å². The van der Waals surface area contributed by atoms with Crippen LogP contribution in [0.15, 0.2) is 82.5 Å². The number of rotatable bonds is 9. The van der Waals surface area contributed by atoms with E-state index in [-0.39, 0.29) is 23.1 Å². The maximum absolute atomic E-state index is 13.1. The van der Waals surface area contributed by atoms with Gasteiger partial charge in [-0.1, -0.05) is 35.5 Å². The van der Waals surface area contributed by atoms with Gasteiger partial charge in [0, 0.05) is 12.2 Å². The van der Waals surface area contributed by atoms with E-state index in [9.17, 15) is 9.18 Å². The van der Waals surface area contributed by atoms with Gasteiger partial charge in [-0.3, -0.25) is 4.79 Å². The maximum atomic E-state index is 13.1. The van der Waals surface area contributed by atoms with Crippen LogP contribution in [0, 0.1) is 5.82 Å². The van der Waals surface area contributed by atoms with Crippen molar-refractivity contribution < 1.29 is 18.6 Å². The summed E-state index contributed by atoms with van der Waals surface area (Å²) < 4.78 is 24.9. The molecule has 1 aliphatic rings. The SMILES string of the molecule is Nc1nonc1-n1nnc(C(=O)N/N=C\c2ccc(OCc3ccc(F)cc3)cc2)c1CN1CCc2ccccc21. The van der Waals surface area contributed by atoms with Crippen LogP contribution in [0.5, 0.6) is 5.75 Å². The van der Waals surface area contributed by atoms with Crippen LogP contribution in [0.2, 0.25) is 0 Å². The fourth-order valence-electron chi connectivity index (χ4n) is 4.50. The molecule has 6 rings (SSSR count). The molecule has 3 heterocycles. The van der Waals surface area contributed by atoms with Crippen molar-refractivity contribution in [3.63, 3.8) is 0 Å². The monoisotopic (exact) mass is 553 g/mol. The Morgan fingerprint density at radius 1 is 1.10 bits per heavy atom. The van der Waals surface area contributed by atoms with E-state index in [2.05, 4.69) is 42.1 Å². The number of carbonyl (C=O) groups is 1. The summed E-state index contributed by atoms with van der Waals surface area (Å²) in [5.41, 5.74) is 12.8. The minimum absolute atomic E-state index is 0.0213. The van der Waals surface area contributed by atoms with E-state index in [0.29, 0.717) is 24.6 Å². The number of nitrogens with one attached hydrogen (secondary N) is 1. The van der Waals surface area contributed by atoms with Crippen LogP contribution in [-0.4, -0.2) is 44.0 Å². The highest BCUT2D eigenvalue weighted by Gasteiger charge is 2.28. The van der Waals surface area contributed by atoms with Crippen molar-refractivity contribution >= 4 is 23.6 Å². The molecular formula is C28H24FN9O3. The van der Waals surface area contributed by atoms with E-state index < -0.39 is 5.91 Å². The minimum Gasteiger partial charge on any atom is -0.489 e. The largest absolute Gasteiger partial charge is 0.489 e. The number of nitrogens with two attached hydrogens (primary N) is 1. The second-order valence-corrected chi connectivity index (χ2v) is 9.25. The summed E-state index contributed by atoms with van der Waals surface area (Å²) in [6, 6.07) is 21.4. The van der Waals surface area contributed by atoms with Gasteiger partial charge in [0.25, 0.3) is 5.91 Å². The molecule has 0 atom stereocenters. The van der Waals surface area contributed by atoms with Gasteiger partial charge in [0.1, 0.15) is 18.2 Å². The molecule has 0 radical (unpaired) electrons. The van der Waals surface area contributed by atoms with E-state index in [1.54, 1.807) is 36.4 Å². The Morgan fingerprint density at radius 2 is 1.90 bits per heavy atom. The average molecular weight is 554 g/mol. The zero-order chi connectivity index (χ0) is 28.2. The van der Waals surface area contributed by atoms with Crippen molar-refractivity contribution in [1.29, 1.82) is 0 Å². The summed E-state index contributed by atoms with van der Waals surface area (Å²) in [6.45, 7) is 1.40. The van der Waals surface area contributed by atoms with Crippen molar-refractivity contribution in [3.05, 3.63) is 107 Å². The van der Waals surface area contributed by atoms with Gasteiger partial charge in [0.05, 0.1) is 18.5 Å². The molecule has 0 bridgehead atoms. The van der Waals surface area contributed by atoms with Crippen LogP contribution in [0.4, 0.5) is 15.9 Å². The van der Waals surface area contributed by atoms with E-state index in [4.69, 9.17) is 15.1 Å². The van der Waals surface area contributed by atoms with Crippen molar-refractivity contribution in [2.45, 2.75) is 19.6 Å². The van der Waals surface area contributed by atoms with Gasteiger partial charge < -0.3 is 15.4 Å². The predicted octanol–water partition coefficient (Wildman–Crippen LogP) is 3.28. The summed E-state index contributed by atoms with van der Waals surface area (Å²) in [7, 11) is 0. The molecule has 0 fully saturated rings. The number of nitrogens with zero attached hydrogens (tertiary/aromatic N) is 7. The van der Waals surface area contributed by atoms with Crippen LogP contribution < -0.4 is 20.8 Å². The highest BCUT2D eigenvalue weighted by atomic mass is 19.1. The van der Waals surface area contributed by atoms with Crippen LogP contribution in [0.1, 0.15) is 32.9 Å². The Hall–Kier alpha value is -5.59. The third-order valence-corrected chi connectivity index (χ3v) is 6.58. The molecule has 41 heavy (non-hydrogen) atoms. The summed E-state index contributed by atoms with van der Waals surface area (Å²) in [6.07, 6.45) is 2.38. The standard InChI is InChI=1S/C28H24FN9O3/c29-21-9-5-19(6-10-21)17-40-22-11-7-18(8-12-22)15-31-33-28(39)25-24(38(36-32-25)27-26(30)34-41-35-27)16-37-14-13-20-3-1-2-4-23(20)37/h1-12,15H,13-14,16-17H2,(H2,30,34)(H,33,39)/b31-15-. The lowest BCUT2D eigenvalue weighted by molar-refractivity contribution is 0.0949. The number of amides is 1. The molecular weight excluding hydrogens is 529 g/mol. The molecule has 0 saturated carbocycles. The van der Waals surface area contributed by atoms with Crippen LogP contribution >= 0.6 is 0 Å². The van der Waals surface area contributed by atoms with E-state index in [0.717, 1.165) is 29.8 Å². The number of hydrazone groups is 1. The first kappa shape index (κ1) is 25.7. The number of benzene rings is 3. The van der Waals surface area contributed by atoms with Gasteiger partial charge in [0.2, 0.25) is 11.6 Å². The first-order valence-corrected chi connectivity index (χ1v) is 12.7. The molecule has 12 nitrogen and oxygen atoms in total. The smallest absolute Gasteiger partial charge is 0.293 e. The van der Waals surface area contributed by atoms with Gasteiger partial charge in [-0.05, 0) is 75.9 Å². The van der Waals surface area contributed by atoms with Crippen molar-refractivity contribution in [2.75, 3.05) is 17.2 Å². The summed E-state index contributed by atoms with van der Waals surface area (Å²) in [5.74, 6) is -0.0388. The number of carbonyl (C=O) groups excluding carboxylic acids is 1. The Morgan fingerprint density at radius 3 is 2.68 bits per heavy atom. The Kier molecular flexibility index (Phi) is 7.05. The third-order valence-electron chi connectivity index (χ3n) is 6.58. The van der Waals surface area contributed by atoms with E-state index in [1.165, 1.54) is 28.6 Å². The van der Waals surface area contributed by atoms with Crippen molar-refractivity contribution in [3.8, 4) is 11.6 Å². The van der Waals surface area contributed by atoms with Crippen molar-refractivity contribution in [2.24, 2.45) is 5.10 Å². The normalized spacial score (nSPS) is 12.6. The van der Waals surface area contributed by atoms with E-state index >= 15 is 0 Å². The second-order valence-electron chi connectivity index (χ2n) is 9.25. The number of anilines is 2. The Labute approximate surface area is 233 Å². The van der Waals surface area contributed by atoms with Gasteiger partial charge in [-0.2, -0.15) is 9.78 Å². The number of halogens is 1. The molecule has 3 N–H and O–H groups in total. The molecule has 0 aliphatic carbocycles. The summed E-state index contributed by atoms with van der Waals surface area (Å²) in [4.78, 5) is 15.3. The predicted molar refractivity (Wildman–Crippen MR) is 147 cm³/mol. The van der Waals surface area contributed by atoms with Gasteiger partial charge >= 0.3 is 0 Å². The van der Waals surface area contributed by atoms with Crippen LogP contribution in [0.25, 0.3) is 5.82 Å². The molecule has 5 aromatic rings. The fraction of sp³-hybridized carbons (Fsp3) is 0.143. The number of nitrogen functional groups attached to an aromatic ring is 1. The molecule has 0 unspecified atom stereocenters. The number of hydrogen-bond donors (Lipinski definition) is 2.